The summed E-state index contributed by atoms with van der Waals surface area (Å²) in [6.45, 7) is 3.71. The first-order valence-corrected chi connectivity index (χ1v) is 8.24. The summed E-state index contributed by atoms with van der Waals surface area (Å²) in [6.07, 6.45) is 3.35. The maximum atomic E-state index is 11.7. The van der Waals surface area contributed by atoms with Crippen LogP contribution in [0.25, 0.3) is 0 Å². The number of aromatic nitrogens is 2. The van der Waals surface area contributed by atoms with Crippen LogP contribution < -0.4 is 15.0 Å². The Morgan fingerprint density at radius 3 is 2.68 bits per heavy atom. The Hall–Kier alpha value is -2.90. The van der Waals surface area contributed by atoms with E-state index in [2.05, 4.69) is 22.2 Å². The van der Waals surface area contributed by atoms with Crippen LogP contribution in [-0.4, -0.2) is 35.1 Å². The fourth-order valence-electron chi connectivity index (χ4n) is 2.96. The molecule has 0 saturated carbocycles. The highest BCUT2D eigenvalue weighted by Crippen LogP contribution is 2.36. The second kappa shape index (κ2) is 7.33. The summed E-state index contributed by atoms with van der Waals surface area (Å²) in [4.78, 5) is 21.6. The van der Waals surface area contributed by atoms with Crippen molar-refractivity contribution >= 4 is 23.0 Å². The summed E-state index contributed by atoms with van der Waals surface area (Å²) in [5, 5.41) is 14.7. The van der Waals surface area contributed by atoms with Gasteiger partial charge in [0.05, 0.1) is 17.7 Å². The number of benzene rings is 1. The Kier molecular flexibility index (Phi) is 4.97. The first-order chi connectivity index (χ1) is 12.1. The van der Waals surface area contributed by atoms with E-state index in [0.29, 0.717) is 23.2 Å². The third kappa shape index (κ3) is 3.62. The van der Waals surface area contributed by atoms with Gasteiger partial charge in [-0.05, 0) is 30.9 Å². The topological polar surface area (TPSA) is 93.4 Å². The Balaban J connectivity index is 1.97. The van der Waals surface area contributed by atoms with Gasteiger partial charge in [0.1, 0.15) is 12.1 Å². The molecular weight excluding hydrogens is 322 g/mol. The Morgan fingerprint density at radius 1 is 1.28 bits per heavy atom. The molecular formula is C17H21N5O3. The number of ether oxygens (including phenoxy) is 1. The van der Waals surface area contributed by atoms with Crippen LogP contribution in [0.5, 0.6) is 5.75 Å². The van der Waals surface area contributed by atoms with E-state index < -0.39 is 4.92 Å². The van der Waals surface area contributed by atoms with Crippen LogP contribution >= 0.6 is 0 Å². The number of nitrogens with one attached hydrogen (secondary N) is 1. The van der Waals surface area contributed by atoms with Crippen molar-refractivity contribution in [3.8, 4) is 5.75 Å². The van der Waals surface area contributed by atoms with Gasteiger partial charge >= 0.3 is 5.69 Å². The number of methoxy groups -OCH3 is 1. The van der Waals surface area contributed by atoms with E-state index in [1.807, 2.05) is 17.0 Å². The Morgan fingerprint density at radius 2 is 2.00 bits per heavy atom. The van der Waals surface area contributed by atoms with E-state index in [9.17, 15) is 10.1 Å². The number of piperidine rings is 1. The van der Waals surface area contributed by atoms with Gasteiger partial charge in [-0.15, -0.1) is 0 Å². The Labute approximate surface area is 146 Å². The molecule has 2 heterocycles. The molecule has 2 aromatic rings. The number of anilines is 3. The first-order valence-electron chi connectivity index (χ1n) is 8.24. The number of rotatable bonds is 5. The van der Waals surface area contributed by atoms with Crippen molar-refractivity contribution in [3.63, 3.8) is 0 Å². The second-order valence-corrected chi connectivity index (χ2v) is 6.15. The fourth-order valence-corrected chi connectivity index (χ4v) is 2.96. The van der Waals surface area contributed by atoms with E-state index >= 15 is 0 Å². The smallest absolute Gasteiger partial charge is 0.353 e. The van der Waals surface area contributed by atoms with Crippen molar-refractivity contribution < 1.29 is 9.66 Å². The Bertz CT molecular complexity index is 760. The van der Waals surface area contributed by atoms with Gasteiger partial charge in [-0.1, -0.05) is 19.1 Å². The van der Waals surface area contributed by atoms with Crippen LogP contribution in [0, 0.1) is 16.0 Å². The molecule has 3 rings (SSSR count). The molecule has 8 heteroatoms. The maximum Gasteiger partial charge on any atom is 0.353 e. The third-order valence-corrected chi connectivity index (χ3v) is 4.43. The highest BCUT2D eigenvalue weighted by molar-refractivity contribution is 5.76. The predicted octanol–water partition coefficient (Wildman–Crippen LogP) is 3.37. The summed E-state index contributed by atoms with van der Waals surface area (Å²) in [5.41, 5.74) is 0.507. The van der Waals surface area contributed by atoms with Crippen molar-refractivity contribution in [2.75, 3.05) is 30.4 Å². The van der Waals surface area contributed by atoms with Crippen molar-refractivity contribution in [3.05, 3.63) is 40.7 Å². The number of hydrogen-bond donors (Lipinski definition) is 1. The van der Waals surface area contributed by atoms with Crippen LogP contribution in [0.3, 0.4) is 0 Å². The molecule has 0 atom stereocenters. The predicted molar refractivity (Wildman–Crippen MR) is 95.6 cm³/mol. The molecule has 0 unspecified atom stereocenters. The molecule has 1 aromatic carbocycles. The van der Waals surface area contributed by atoms with Gasteiger partial charge in [0, 0.05) is 13.1 Å². The van der Waals surface area contributed by atoms with E-state index in [1.54, 1.807) is 19.2 Å². The van der Waals surface area contributed by atoms with Crippen LogP contribution in [0.2, 0.25) is 0 Å². The normalized spacial score (nSPS) is 15.0. The van der Waals surface area contributed by atoms with E-state index in [1.165, 1.54) is 6.33 Å². The van der Waals surface area contributed by atoms with Crippen molar-refractivity contribution in [1.82, 2.24) is 9.97 Å². The minimum atomic E-state index is -0.425. The fraction of sp³-hybridized carbons (Fsp3) is 0.412. The molecule has 0 radical (unpaired) electrons. The molecule has 1 saturated heterocycles. The zero-order valence-corrected chi connectivity index (χ0v) is 14.3. The molecule has 1 N–H and O–H groups in total. The van der Waals surface area contributed by atoms with Crippen molar-refractivity contribution in [1.29, 1.82) is 0 Å². The lowest BCUT2D eigenvalue weighted by Gasteiger charge is -2.30. The van der Waals surface area contributed by atoms with Crippen LogP contribution in [0.4, 0.5) is 23.0 Å². The molecule has 1 aromatic heterocycles. The lowest BCUT2D eigenvalue weighted by Crippen LogP contribution is -2.34. The standard InChI is InChI=1S/C17H21N5O3/c1-12-7-9-21(10-8-12)17-15(22(23)24)16(18-11-19-17)20-13-5-3-4-6-14(13)25-2/h3-6,11-12H,7-10H2,1-2H3,(H,18,19,20). The lowest BCUT2D eigenvalue weighted by molar-refractivity contribution is -0.383. The number of nitrogens with zero attached hydrogens (tertiary/aromatic N) is 4. The average Bonchev–Trinajstić information content (AvgIpc) is 2.62. The van der Waals surface area contributed by atoms with Crippen LogP contribution in [0.1, 0.15) is 19.8 Å². The van der Waals surface area contributed by atoms with Crippen LogP contribution in [0.15, 0.2) is 30.6 Å². The molecule has 8 nitrogen and oxygen atoms in total. The monoisotopic (exact) mass is 343 g/mol. The molecule has 25 heavy (non-hydrogen) atoms. The molecule has 0 spiro atoms. The first kappa shape index (κ1) is 16.9. The van der Waals surface area contributed by atoms with Gasteiger partial charge in [0.2, 0.25) is 11.6 Å². The van der Waals surface area contributed by atoms with E-state index in [-0.39, 0.29) is 11.5 Å². The highest BCUT2D eigenvalue weighted by atomic mass is 16.6. The number of nitro groups is 1. The average molecular weight is 343 g/mol. The molecule has 1 aliphatic rings. The third-order valence-electron chi connectivity index (χ3n) is 4.43. The zero-order valence-electron chi connectivity index (χ0n) is 14.3. The minimum Gasteiger partial charge on any atom is -0.495 e. The summed E-state index contributed by atoms with van der Waals surface area (Å²) in [6, 6.07) is 7.22. The molecule has 1 fully saturated rings. The zero-order chi connectivity index (χ0) is 17.8. The number of para-hydroxylation sites is 2. The van der Waals surface area contributed by atoms with Gasteiger partial charge in [0.25, 0.3) is 0 Å². The van der Waals surface area contributed by atoms with Gasteiger partial charge in [0.15, 0.2) is 0 Å². The van der Waals surface area contributed by atoms with Crippen molar-refractivity contribution in [2.45, 2.75) is 19.8 Å². The summed E-state index contributed by atoms with van der Waals surface area (Å²) in [5.74, 6) is 1.74. The van der Waals surface area contributed by atoms with Gasteiger partial charge in [-0.25, -0.2) is 9.97 Å². The summed E-state index contributed by atoms with van der Waals surface area (Å²) in [7, 11) is 1.55. The molecule has 1 aliphatic heterocycles. The largest absolute Gasteiger partial charge is 0.495 e. The maximum absolute atomic E-state index is 11.7. The molecule has 0 amide bonds. The summed E-state index contributed by atoms with van der Waals surface area (Å²) >= 11 is 0. The lowest BCUT2D eigenvalue weighted by atomic mass is 9.99. The second-order valence-electron chi connectivity index (χ2n) is 6.15. The summed E-state index contributed by atoms with van der Waals surface area (Å²) < 4.78 is 5.29. The van der Waals surface area contributed by atoms with Gasteiger partial charge in [-0.2, -0.15) is 0 Å². The molecule has 0 bridgehead atoms. The SMILES string of the molecule is COc1ccccc1Nc1ncnc(N2CCC(C)CC2)c1[N+](=O)[O-]. The van der Waals surface area contributed by atoms with Crippen molar-refractivity contribution in [2.24, 2.45) is 5.92 Å². The number of hydrogen-bond acceptors (Lipinski definition) is 7. The van der Waals surface area contributed by atoms with E-state index in [4.69, 9.17) is 4.74 Å². The molecule has 132 valence electrons. The quantitative estimate of drug-likeness (QED) is 0.657. The van der Waals surface area contributed by atoms with Crippen LogP contribution in [-0.2, 0) is 0 Å². The van der Waals surface area contributed by atoms with E-state index in [0.717, 1.165) is 25.9 Å². The van der Waals surface area contributed by atoms with Gasteiger partial charge in [-0.3, -0.25) is 10.1 Å². The minimum absolute atomic E-state index is 0.108. The highest BCUT2D eigenvalue weighted by Gasteiger charge is 2.29. The molecule has 0 aliphatic carbocycles. The van der Waals surface area contributed by atoms with Gasteiger partial charge < -0.3 is 15.0 Å².